The molecule has 0 aliphatic rings. The number of hydrogen-bond acceptors (Lipinski definition) is 3. The minimum atomic E-state index is -1.58. The molecule has 0 aromatic rings. The molecule has 0 saturated heterocycles. The standard InChI is InChI=1S/C4H9O2Si.C3H5.Co.O/c1-4(5)6-3-7-2;1-3-2;;/h1,3,7H2,2H3;1H2,2H3;;. The Kier molecular flexibility index (Phi) is 6.13. The molecule has 0 spiro atoms. The van der Waals surface area contributed by atoms with Crippen molar-refractivity contribution in [3.8, 4) is 0 Å². The molecule has 0 atom stereocenters. The molecule has 0 rings (SSSR count). The number of hydrogen-bond donors (Lipinski definition) is 0. The van der Waals surface area contributed by atoms with Crippen molar-refractivity contribution in [1.29, 1.82) is 0 Å². The van der Waals surface area contributed by atoms with Crippen LogP contribution in [0.4, 0.5) is 0 Å². The molecular formula is C7H14CoO3Si. The zero-order chi connectivity index (χ0) is 9.56. The third kappa shape index (κ3) is 5.39. The SMILES string of the molecule is C=[C](C)[Co](=[O])[CH2]C(=O)OC[SiH2]C. The Morgan fingerprint density at radius 1 is 1.67 bits per heavy atom. The molecule has 73 valence electrons. The molecule has 0 unspecified atom stereocenters. The average molecular weight is 233 g/mol. The summed E-state index contributed by atoms with van der Waals surface area (Å²) in [5, 5.41) is -0.0171. The Labute approximate surface area is 79.0 Å². The topological polar surface area (TPSA) is 43.4 Å². The Bertz CT molecular complexity index is 203. The van der Waals surface area contributed by atoms with Gasteiger partial charge in [0.25, 0.3) is 0 Å². The van der Waals surface area contributed by atoms with Crippen LogP contribution in [0, 0.1) is 0 Å². The van der Waals surface area contributed by atoms with Crippen LogP contribution in [0.15, 0.2) is 11.1 Å². The summed E-state index contributed by atoms with van der Waals surface area (Å²) in [7, 11) is -0.243. The van der Waals surface area contributed by atoms with Gasteiger partial charge in [-0.15, -0.1) is 0 Å². The van der Waals surface area contributed by atoms with Gasteiger partial charge in [0.15, 0.2) is 0 Å². The Morgan fingerprint density at radius 2 is 2.25 bits per heavy atom. The second-order valence-corrected chi connectivity index (χ2v) is 5.80. The van der Waals surface area contributed by atoms with E-state index in [1.807, 2.05) is 6.55 Å². The van der Waals surface area contributed by atoms with E-state index in [2.05, 4.69) is 6.58 Å². The van der Waals surface area contributed by atoms with E-state index in [0.29, 0.717) is 10.7 Å². The fraction of sp³-hybridized carbons (Fsp3) is 0.571. The van der Waals surface area contributed by atoms with Gasteiger partial charge in [-0.2, -0.15) is 0 Å². The van der Waals surface area contributed by atoms with E-state index in [0.717, 1.165) is 0 Å². The summed E-state index contributed by atoms with van der Waals surface area (Å²) < 4.78 is 16.4. The zero-order valence-corrected chi connectivity index (χ0v) is 9.84. The van der Waals surface area contributed by atoms with Crippen molar-refractivity contribution in [2.24, 2.45) is 0 Å². The van der Waals surface area contributed by atoms with Crippen LogP contribution >= 0.6 is 0 Å². The van der Waals surface area contributed by atoms with Gasteiger partial charge in [0.1, 0.15) is 0 Å². The third-order valence-corrected chi connectivity index (χ3v) is 3.23. The van der Waals surface area contributed by atoms with E-state index < -0.39 is 13.6 Å². The van der Waals surface area contributed by atoms with Crippen LogP contribution in [0.3, 0.4) is 0 Å². The summed E-state index contributed by atoms with van der Waals surface area (Å²) >= 11 is -1.58. The summed E-state index contributed by atoms with van der Waals surface area (Å²) in [4.78, 5) is 10.9. The second-order valence-electron chi connectivity index (χ2n) is 2.26. The first-order chi connectivity index (χ1) is 5.57. The zero-order valence-electron chi connectivity index (χ0n) is 7.39. The van der Waals surface area contributed by atoms with Crippen LogP contribution in [0.25, 0.3) is 0 Å². The molecule has 0 bridgehead atoms. The Hall–Kier alpha value is -0.267. The second kappa shape index (κ2) is 6.27. The molecule has 3 nitrogen and oxygen atoms in total. The van der Waals surface area contributed by atoms with Gasteiger partial charge < -0.3 is 0 Å². The molecule has 0 aliphatic carbocycles. The monoisotopic (exact) mass is 233 g/mol. The van der Waals surface area contributed by atoms with Crippen LogP contribution in [-0.2, 0) is 27.0 Å². The van der Waals surface area contributed by atoms with Crippen molar-refractivity contribution < 1.29 is 27.0 Å². The molecule has 0 N–H and O–H groups in total. The van der Waals surface area contributed by atoms with Crippen molar-refractivity contribution in [3.63, 3.8) is 0 Å². The third-order valence-electron chi connectivity index (χ3n) is 0.988. The van der Waals surface area contributed by atoms with Crippen LogP contribution in [-0.4, -0.2) is 21.7 Å². The molecular weight excluding hydrogens is 219 g/mol. The van der Waals surface area contributed by atoms with Gasteiger partial charge >= 0.3 is 78.6 Å². The maximum absolute atomic E-state index is 11.1. The summed E-state index contributed by atoms with van der Waals surface area (Å²) in [6.45, 7) is 7.20. The van der Waals surface area contributed by atoms with Gasteiger partial charge in [0.2, 0.25) is 0 Å². The van der Waals surface area contributed by atoms with E-state index in [4.69, 9.17) is 4.74 Å². The Morgan fingerprint density at radius 3 is 2.67 bits per heavy atom. The minimum absolute atomic E-state index is 0.0171. The average Bonchev–Trinajstić information content (AvgIpc) is 2.00. The summed E-state index contributed by atoms with van der Waals surface area (Å²) in [6, 6.07) is 0. The molecule has 12 heavy (non-hydrogen) atoms. The van der Waals surface area contributed by atoms with Gasteiger partial charge in [0, 0.05) is 0 Å². The number of rotatable bonds is 5. The van der Waals surface area contributed by atoms with Gasteiger partial charge in [-0.1, -0.05) is 0 Å². The summed E-state index contributed by atoms with van der Waals surface area (Å²) in [6.07, 6.45) is 0.540. The molecule has 0 heterocycles. The van der Waals surface area contributed by atoms with Crippen molar-refractivity contribution in [2.75, 3.05) is 6.23 Å². The predicted molar refractivity (Wildman–Crippen MR) is 45.7 cm³/mol. The normalized spacial score (nSPS) is 11.7. The quantitative estimate of drug-likeness (QED) is 0.516. The molecule has 0 radical (unpaired) electrons. The number of ether oxygens (including phenoxy) is 1. The first kappa shape index (κ1) is 11.7. The Balaban J connectivity index is 3.69. The molecule has 0 amide bonds. The molecule has 5 heteroatoms. The van der Waals surface area contributed by atoms with Gasteiger partial charge in [-0.25, -0.2) is 0 Å². The maximum atomic E-state index is 11.1. The van der Waals surface area contributed by atoms with Crippen molar-refractivity contribution in [2.45, 2.75) is 18.8 Å². The van der Waals surface area contributed by atoms with Gasteiger partial charge in [0.05, 0.1) is 0 Å². The van der Waals surface area contributed by atoms with Crippen molar-refractivity contribution in [1.82, 2.24) is 0 Å². The van der Waals surface area contributed by atoms with Gasteiger partial charge in [-0.3, -0.25) is 0 Å². The van der Waals surface area contributed by atoms with Crippen LogP contribution in [0.5, 0.6) is 0 Å². The fourth-order valence-corrected chi connectivity index (χ4v) is 1.56. The van der Waals surface area contributed by atoms with Crippen molar-refractivity contribution >= 4 is 15.5 Å². The molecule has 0 aromatic heterocycles. The van der Waals surface area contributed by atoms with Crippen LogP contribution < -0.4 is 0 Å². The molecule has 0 fully saturated rings. The predicted octanol–water partition coefficient (Wildman–Crippen LogP) is 0.620. The van der Waals surface area contributed by atoms with Crippen molar-refractivity contribution in [3.05, 3.63) is 11.1 Å². The van der Waals surface area contributed by atoms with E-state index in [1.54, 1.807) is 6.92 Å². The summed E-state index contributed by atoms with van der Waals surface area (Å²) in [5.41, 5.74) is 0. The molecule has 0 aromatic carbocycles. The number of carbonyl (C=O) groups is 1. The number of allylic oxidation sites excluding steroid dienone is 1. The number of esters is 1. The fourth-order valence-electron chi connectivity index (χ4n) is 0.438. The van der Waals surface area contributed by atoms with E-state index in [9.17, 15) is 8.66 Å². The first-order valence-corrected chi connectivity index (χ1v) is 7.75. The van der Waals surface area contributed by atoms with E-state index in [-0.39, 0.29) is 20.8 Å². The molecule has 0 aliphatic heterocycles. The summed E-state index contributed by atoms with van der Waals surface area (Å²) in [5.74, 6) is -0.368. The van der Waals surface area contributed by atoms with Crippen LogP contribution in [0.1, 0.15) is 6.92 Å². The van der Waals surface area contributed by atoms with Crippen LogP contribution in [0.2, 0.25) is 11.9 Å². The van der Waals surface area contributed by atoms with E-state index in [1.165, 1.54) is 0 Å². The van der Waals surface area contributed by atoms with E-state index >= 15 is 0 Å². The van der Waals surface area contributed by atoms with Gasteiger partial charge in [-0.05, 0) is 0 Å². The first-order valence-electron chi connectivity index (χ1n) is 3.65. The number of carbonyl (C=O) groups excluding carboxylic acids is 1. The molecule has 0 saturated carbocycles.